The summed E-state index contributed by atoms with van der Waals surface area (Å²) in [7, 11) is 0. The molecule has 2 aliphatic rings. The largest absolute Gasteiger partial charge is 0.493 e. The third-order valence-corrected chi connectivity index (χ3v) is 4.61. The van der Waals surface area contributed by atoms with E-state index in [1.165, 1.54) is 30.4 Å². The average molecular weight is 259 g/mol. The fourth-order valence-electron chi connectivity index (χ4n) is 3.30. The van der Waals surface area contributed by atoms with Crippen molar-refractivity contribution in [2.24, 2.45) is 11.8 Å². The summed E-state index contributed by atoms with van der Waals surface area (Å²) in [6, 6.07) is 7.31. The van der Waals surface area contributed by atoms with E-state index in [2.05, 4.69) is 37.4 Å². The van der Waals surface area contributed by atoms with Crippen molar-refractivity contribution in [2.75, 3.05) is 13.2 Å². The highest BCUT2D eigenvalue weighted by molar-refractivity contribution is 5.39. The Hall–Kier alpha value is -1.02. The van der Waals surface area contributed by atoms with E-state index >= 15 is 0 Å². The molecule has 1 aromatic carbocycles. The Morgan fingerprint density at radius 2 is 2.21 bits per heavy atom. The molecule has 1 fully saturated rings. The summed E-state index contributed by atoms with van der Waals surface area (Å²) in [4.78, 5) is 0. The molecule has 0 spiro atoms. The summed E-state index contributed by atoms with van der Waals surface area (Å²) in [5, 5.41) is 3.69. The number of hydrogen-bond acceptors (Lipinski definition) is 2. The van der Waals surface area contributed by atoms with Gasteiger partial charge in [-0.2, -0.15) is 0 Å². The molecular weight excluding hydrogens is 234 g/mol. The quantitative estimate of drug-likeness (QED) is 0.870. The molecule has 1 N–H and O–H groups in total. The zero-order valence-electron chi connectivity index (χ0n) is 12.1. The number of benzene rings is 1. The lowest BCUT2D eigenvalue weighted by atomic mass is 9.89. The van der Waals surface area contributed by atoms with Crippen molar-refractivity contribution in [3.63, 3.8) is 0 Å². The van der Waals surface area contributed by atoms with Crippen LogP contribution in [0, 0.1) is 11.8 Å². The maximum Gasteiger partial charge on any atom is 0.122 e. The van der Waals surface area contributed by atoms with E-state index in [4.69, 9.17) is 4.74 Å². The minimum atomic E-state index is 0.504. The molecule has 104 valence electrons. The molecule has 1 saturated carbocycles. The lowest BCUT2D eigenvalue weighted by Crippen LogP contribution is -2.28. The van der Waals surface area contributed by atoms with Gasteiger partial charge in [0.05, 0.1) is 6.61 Å². The highest BCUT2D eigenvalue weighted by atomic mass is 16.5. The maximum absolute atomic E-state index is 5.72. The van der Waals surface area contributed by atoms with Gasteiger partial charge in [-0.3, -0.25) is 0 Å². The van der Waals surface area contributed by atoms with Crippen molar-refractivity contribution in [3.8, 4) is 5.75 Å². The van der Waals surface area contributed by atoms with Gasteiger partial charge >= 0.3 is 0 Å². The number of ether oxygens (including phenoxy) is 1. The molecule has 1 aliphatic carbocycles. The summed E-state index contributed by atoms with van der Waals surface area (Å²) in [6.45, 7) is 6.52. The second-order valence-electron chi connectivity index (χ2n) is 6.05. The van der Waals surface area contributed by atoms with Crippen molar-refractivity contribution in [3.05, 3.63) is 29.3 Å². The highest BCUT2D eigenvalue weighted by Gasteiger charge is 2.33. The zero-order chi connectivity index (χ0) is 13.2. The molecule has 0 saturated heterocycles. The predicted octanol–water partition coefficient (Wildman–Crippen LogP) is 3.71. The number of nitrogens with one attached hydrogen (secondary N) is 1. The molecule has 3 rings (SSSR count). The van der Waals surface area contributed by atoms with Crippen LogP contribution in [0.1, 0.15) is 50.3 Å². The number of rotatable bonds is 5. The minimum absolute atomic E-state index is 0.504. The second kappa shape index (κ2) is 5.54. The van der Waals surface area contributed by atoms with E-state index in [9.17, 15) is 0 Å². The summed E-state index contributed by atoms with van der Waals surface area (Å²) in [5.74, 6) is 2.77. The fourth-order valence-corrected chi connectivity index (χ4v) is 3.30. The first-order valence-electron chi connectivity index (χ1n) is 7.78. The first-order chi connectivity index (χ1) is 9.29. The third-order valence-electron chi connectivity index (χ3n) is 4.61. The molecule has 1 aliphatic heterocycles. The zero-order valence-corrected chi connectivity index (χ0v) is 12.1. The standard InChI is InChI=1S/C17H25NO/c1-3-18-17(12(2)13-6-7-13)15-8-9-16-14(11-15)5-4-10-19-16/h8-9,11-13,17-18H,3-7,10H2,1-2H3. The van der Waals surface area contributed by atoms with Gasteiger partial charge in [-0.1, -0.05) is 26.0 Å². The van der Waals surface area contributed by atoms with Gasteiger partial charge in [0.2, 0.25) is 0 Å². The normalized spacial score (nSPS) is 21.4. The first-order valence-corrected chi connectivity index (χ1v) is 7.78. The summed E-state index contributed by atoms with van der Waals surface area (Å²) < 4.78 is 5.72. The molecule has 0 aromatic heterocycles. The monoisotopic (exact) mass is 259 g/mol. The van der Waals surface area contributed by atoms with Crippen LogP contribution in [0.4, 0.5) is 0 Å². The van der Waals surface area contributed by atoms with E-state index in [1.807, 2.05) is 0 Å². The fraction of sp³-hybridized carbons (Fsp3) is 0.647. The van der Waals surface area contributed by atoms with Crippen molar-refractivity contribution < 1.29 is 4.74 Å². The van der Waals surface area contributed by atoms with Crippen molar-refractivity contribution in [2.45, 2.75) is 45.6 Å². The predicted molar refractivity (Wildman–Crippen MR) is 78.6 cm³/mol. The molecule has 0 amide bonds. The van der Waals surface area contributed by atoms with Crippen LogP contribution in [0.5, 0.6) is 5.75 Å². The molecule has 1 aromatic rings. The minimum Gasteiger partial charge on any atom is -0.493 e. The van der Waals surface area contributed by atoms with Crippen LogP contribution in [0.25, 0.3) is 0 Å². The Labute approximate surface area is 116 Å². The van der Waals surface area contributed by atoms with E-state index in [0.29, 0.717) is 6.04 Å². The second-order valence-corrected chi connectivity index (χ2v) is 6.05. The average Bonchev–Trinajstić information content (AvgIpc) is 3.28. The topological polar surface area (TPSA) is 21.3 Å². The lowest BCUT2D eigenvalue weighted by Gasteiger charge is -2.27. The van der Waals surface area contributed by atoms with Gasteiger partial charge in [0.1, 0.15) is 5.75 Å². The molecule has 0 radical (unpaired) electrons. The number of aryl methyl sites for hydroxylation is 1. The van der Waals surface area contributed by atoms with E-state index in [-0.39, 0.29) is 0 Å². The summed E-state index contributed by atoms with van der Waals surface area (Å²) in [5.41, 5.74) is 2.85. The van der Waals surface area contributed by atoms with Crippen molar-refractivity contribution in [1.82, 2.24) is 5.32 Å². The molecule has 2 nitrogen and oxygen atoms in total. The Morgan fingerprint density at radius 3 is 2.95 bits per heavy atom. The molecule has 2 heteroatoms. The smallest absolute Gasteiger partial charge is 0.122 e. The Balaban J connectivity index is 1.84. The molecular formula is C17H25NO. The third kappa shape index (κ3) is 2.79. The van der Waals surface area contributed by atoms with Crippen LogP contribution in [-0.4, -0.2) is 13.2 Å². The Bertz CT molecular complexity index is 439. The van der Waals surface area contributed by atoms with E-state index < -0.39 is 0 Å². The van der Waals surface area contributed by atoms with Crippen LogP contribution >= 0.6 is 0 Å². The molecule has 0 bridgehead atoms. The van der Waals surface area contributed by atoms with Crippen LogP contribution in [0.2, 0.25) is 0 Å². The van der Waals surface area contributed by atoms with Gasteiger partial charge in [0.25, 0.3) is 0 Å². The van der Waals surface area contributed by atoms with E-state index in [1.54, 1.807) is 0 Å². The first kappa shape index (κ1) is 13.0. The summed E-state index contributed by atoms with van der Waals surface area (Å²) >= 11 is 0. The van der Waals surface area contributed by atoms with Crippen molar-refractivity contribution in [1.29, 1.82) is 0 Å². The molecule has 1 heterocycles. The van der Waals surface area contributed by atoms with Crippen LogP contribution in [-0.2, 0) is 6.42 Å². The van der Waals surface area contributed by atoms with Crippen LogP contribution in [0.3, 0.4) is 0 Å². The van der Waals surface area contributed by atoms with Gasteiger partial charge in [-0.15, -0.1) is 0 Å². The van der Waals surface area contributed by atoms with Crippen LogP contribution < -0.4 is 10.1 Å². The molecule has 2 unspecified atom stereocenters. The van der Waals surface area contributed by atoms with Crippen LogP contribution in [0.15, 0.2) is 18.2 Å². The van der Waals surface area contributed by atoms with Gasteiger partial charge in [-0.25, -0.2) is 0 Å². The molecule has 19 heavy (non-hydrogen) atoms. The lowest BCUT2D eigenvalue weighted by molar-refractivity contribution is 0.287. The summed E-state index contributed by atoms with van der Waals surface area (Å²) in [6.07, 6.45) is 5.15. The SMILES string of the molecule is CCNC(c1ccc2c(c1)CCCO2)C(C)C1CC1. The molecule has 2 atom stereocenters. The highest BCUT2D eigenvalue weighted by Crippen LogP contribution is 2.43. The van der Waals surface area contributed by atoms with Gasteiger partial charge in [0.15, 0.2) is 0 Å². The number of fused-ring (bicyclic) bond motifs is 1. The number of hydrogen-bond donors (Lipinski definition) is 1. The Morgan fingerprint density at radius 1 is 1.37 bits per heavy atom. The van der Waals surface area contributed by atoms with Gasteiger partial charge in [-0.05, 0) is 61.3 Å². The van der Waals surface area contributed by atoms with Crippen molar-refractivity contribution >= 4 is 0 Å². The van der Waals surface area contributed by atoms with Gasteiger partial charge < -0.3 is 10.1 Å². The van der Waals surface area contributed by atoms with Gasteiger partial charge in [0, 0.05) is 6.04 Å². The van der Waals surface area contributed by atoms with E-state index in [0.717, 1.165) is 37.2 Å². The Kier molecular flexibility index (Phi) is 3.79. The maximum atomic E-state index is 5.72.